The Balaban J connectivity index is 1.33. The lowest BCUT2D eigenvalue weighted by Gasteiger charge is -2.39. The summed E-state index contributed by atoms with van der Waals surface area (Å²) in [5.41, 5.74) is 0.163. The highest BCUT2D eigenvalue weighted by Crippen LogP contribution is 2.28. The zero-order valence-electron chi connectivity index (χ0n) is 16.5. The number of nitrogens with zero attached hydrogens (tertiary/aromatic N) is 3. The first-order chi connectivity index (χ1) is 14.2. The Hall–Kier alpha value is -2.87. The lowest BCUT2D eigenvalue weighted by Crippen LogP contribution is -2.57. The van der Waals surface area contributed by atoms with Gasteiger partial charge in [0, 0.05) is 37.2 Å². The molecule has 0 unspecified atom stereocenters. The van der Waals surface area contributed by atoms with Crippen LogP contribution in [0.4, 0.5) is 10.5 Å². The number of aromatic nitrogens is 2. The zero-order valence-corrected chi connectivity index (χ0v) is 16.5. The number of urea groups is 1. The smallest absolute Gasteiger partial charge is 0.321 e. The number of carbonyl (C=O) groups is 2. The van der Waals surface area contributed by atoms with Crippen LogP contribution in [0.3, 0.4) is 0 Å². The van der Waals surface area contributed by atoms with Gasteiger partial charge in [-0.25, -0.2) is 4.79 Å². The molecule has 2 saturated heterocycles. The van der Waals surface area contributed by atoms with Gasteiger partial charge in [-0.1, -0.05) is 18.2 Å². The number of rotatable bonds is 4. The number of amides is 3. The normalized spacial score (nSPS) is 19.5. The molecule has 29 heavy (non-hydrogen) atoms. The molecule has 3 heterocycles. The molecule has 0 aliphatic carbocycles. The van der Waals surface area contributed by atoms with Gasteiger partial charge in [0.1, 0.15) is 5.54 Å². The number of hydrogen-bond acceptors (Lipinski definition) is 4. The number of anilines is 1. The fourth-order valence-electron chi connectivity index (χ4n) is 4.19. The molecular weight excluding hydrogens is 368 g/mol. The SMILES string of the molecule is O=C(Nc1ccccc1)N1CCC(NC(=O)C2(n3cccn3)CCNCC2)CC1. The van der Waals surface area contributed by atoms with Gasteiger partial charge in [-0.2, -0.15) is 5.10 Å². The highest BCUT2D eigenvalue weighted by molar-refractivity contribution is 5.89. The Kier molecular flexibility index (Phi) is 5.80. The Morgan fingerprint density at radius 1 is 1.07 bits per heavy atom. The highest BCUT2D eigenvalue weighted by atomic mass is 16.2. The van der Waals surface area contributed by atoms with E-state index in [0.717, 1.165) is 44.5 Å². The Morgan fingerprint density at radius 2 is 1.79 bits per heavy atom. The minimum atomic E-state index is -0.628. The van der Waals surface area contributed by atoms with Crippen molar-refractivity contribution >= 4 is 17.6 Å². The lowest BCUT2D eigenvalue weighted by molar-refractivity contribution is -0.133. The van der Waals surface area contributed by atoms with Gasteiger partial charge >= 0.3 is 6.03 Å². The van der Waals surface area contributed by atoms with Crippen LogP contribution in [-0.2, 0) is 10.3 Å². The Morgan fingerprint density at radius 3 is 2.45 bits per heavy atom. The molecule has 2 aliphatic rings. The molecule has 4 rings (SSSR count). The van der Waals surface area contributed by atoms with Crippen LogP contribution < -0.4 is 16.0 Å². The second-order valence-electron chi connectivity index (χ2n) is 7.76. The van der Waals surface area contributed by atoms with Crippen molar-refractivity contribution in [2.45, 2.75) is 37.3 Å². The standard InChI is InChI=1S/C21H28N6O2/c28-19(21(9-12-22-13-10-21)27-14-4-11-23-27)24-18-7-15-26(16-8-18)20(29)25-17-5-2-1-3-6-17/h1-6,11,14,18,22H,7-10,12-13,15-16H2,(H,24,28)(H,25,29). The quantitative estimate of drug-likeness (QED) is 0.735. The van der Waals surface area contributed by atoms with Gasteiger partial charge in [-0.3, -0.25) is 9.48 Å². The largest absolute Gasteiger partial charge is 0.351 e. The van der Waals surface area contributed by atoms with Crippen molar-refractivity contribution < 1.29 is 9.59 Å². The van der Waals surface area contributed by atoms with Gasteiger partial charge in [0.05, 0.1) is 0 Å². The third-order valence-corrected chi connectivity index (χ3v) is 5.94. The van der Waals surface area contributed by atoms with Crippen LogP contribution in [0.2, 0.25) is 0 Å². The van der Waals surface area contributed by atoms with E-state index in [1.165, 1.54) is 0 Å². The molecular formula is C21H28N6O2. The van der Waals surface area contributed by atoms with E-state index in [1.54, 1.807) is 6.20 Å². The van der Waals surface area contributed by atoms with Crippen molar-refractivity contribution in [3.05, 3.63) is 48.8 Å². The summed E-state index contributed by atoms with van der Waals surface area (Å²) < 4.78 is 1.81. The van der Waals surface area contributed by atoms with Crippen LogP contribution in [0.1, 0.15) is 25.7 Å². The van der Waals surface area contributed by atoms with Crippen molar-refractivity contribution in [3.63, 3.8) is 0 Å². The van der Waals surface area contributed by atoms with Crippen molar-refractivity contribution in [2.75, 3.05) is 31.5 Å². The topological polar surface area (TPSA) is 91.3 Å². The molecule has 1 aromatic carbocycles. The summed E-state index contributed by atoms with van der Waals surface area (Å²) in [6.45, 7) is 2.84. The highest BCUT2D eigenvalue weighted by Gasteiger charge is 2.42. The minimum Gasteiger partial charge on any atom is -0.351 e. The number of piperidine rings is 2. The van der Waals surface area contributed by atoms with E-state index in [4.69, 9.17) is 0 Å². The molecule has 3 N–H and O–H groups in total. The first kappa shape index (κ1) is 19.4. The molecule has 0 bridgehead atoms. The van der Waals surface area contributed by atoms with Gasteiger partial charge < -0.3 is 20.9 Å². The summed E-state index contributed by atoms with van der Waals surface area (Å²) in [5, 5.41) is 13.9. The van der Waals surface area contributed by atoms with E-state index in [-0.39, 0.29) is 18.0 Å². The third kappa shape index (κ3) is 4.27. The maximum Gasteiger partial charge on any atom is 0.321 e. The third-order valence-electron chi connectivity index (χ3n) is 5.94. The molecule has 0 radical (unpaired) electrons. The molecule has 2 aromatic rings. The van der Waals surface area contributed by atoms with Crippen LogP contribution in [-0.4, -0.2) is 58.8 Å². The summed E-state index contributed by atoms with van der Waals surface area (Å²) >= 11 is 0. The molecule has 3 amide bonds. The van der Waals surface area contributed by atoms with Crippen LogP contribution >= 0.6 is 0 Å². The van der Waals surface area contributed by atoms with E-state index in [1.807, 2.05) is 52.2 Å². The van der Waals surface area contributed by atoms with Crippen LogP contribution in [0.15, 0.2) is 48.8 Å². The van der Waals surface area contributed by atoms with E-state index in [0.29, 0.717) is 13.1 Å². The maximum absolute atomic E-state index is 13.3. The van der Waals surface area contributed by atoms with Crippen LogP contribution in [0.5, 0.6) is 0 Å². The van der Waals surface area contributed by atoms with Crippen molar-refractivity contribution in [2.24, 2.45) is 0 Å². The molecule has 0 saturated carbocycles. The van der Waals surface area contributed by atoms with E-state index < -0.39 is 5.54 Å². The summed E-state index contributed by atoms with van der Waals surface area (Å²) in [6, 6.07) is 11.3. The van der Waals surface area contributed by atoms with E-state index in [9.17, 15) is 9.59 Å². The lowest BCUT2D eigenvalue weighted by atomic mass is 9.86. The summed E-state index contributed by atoms with van der Waals surface area (Å²) in [7, 11) is 0. The van der Waals surface area contributed by atoms with Gasteiger partial charge in [-0.05, 0) is 57.0 Å². The molecule has 0 atom stereocenters. The predicted octanol–water partition coefficient (Wildman–Crippen LogP) is 1.77. The average Bonchev–Trinajstić information content (AvgIpc) is 3.31. The van der Waals surface area contributed by atoms with Gasteiger partial charge in [0.2, 0.25) is 5.91 Å². The number of nitrogens with one attached hydrogen (secondary N) is 3. The molecule has 0 spiro atoms. The monoisotopic (exact) mass is 396 g/mol. The Labute approximate surface area is 170 Å². The van der Waals surface area contributed by atoms with Crippen LogP contribution in [0, 0.1) is 0 Å². The molecule has 2 fully saturated rings. The summed E-state index contributed by atoms with van der Waals surface area (Å²) in [6.07, 6.45) is 6.54. The number of benzene rings is 1. The van der Waals surface area contributed by atoms with E-state index >= 15 is 0 Å². The van der Waals surface area contributed by atoms with Gasteiger partial charge in [0.25, 0.3) is 0 Å². The first-order valence-electron chi connectivity index (χ1n) is 10.3. The fourth-order valence-corrected chi connectivity index (χ4v) is 4.19. The van der Waals surface area contributed by atoms with Gasteiger partial charge in [-0.15, -0.1) is 0 Å². The van der Waals surface area contributed by atoms with E-state index in [2.05, 4.69) is 21.0 Å². The predicted molar refractivity (Wildman–Crippen MR) is 111 cm³/mol. The fraction of sp³-hybridized carbons (Fsp3) is 0.476. The molecule has 1 aromatic heterocycles. The van der Waals surface area contributed by atoms with Crippen molar-refractivity contribution in [3.8, 4) is 0 Å². The molecule has 2 aliphatic heterocycles. The zero-order chi connectivity index (χ0) is 20.1. The van der Waals surface area contributed by atoms with Gasteiger partial charge in [0.15, 0.2) is 0 Å². The number of para-hydroxylation sites is 1. The molecule has 8 nitrogen and oxygen atoms in total. The Bertz CT molecular complexity index is 809. The number of carbonyl (C=O) groups excluding carboxylic acids is 2. The minimum absolute atomic E-state index is 0.0369. The van der Waals surface area contributed by atoms with Crippen molar-refractivity contribution in [1.82, 2.24) is 25.3 Å². The first-order valence-corrected chi connectivity index (χ1v) is 10.3. The average molecular weight is 396 g/mol. The summed E-state index contributed by atoms with van der Waals surface area (Å²) in [4.78, 5) is 27.5. The van der Waals surface area contributed by atoms with Crippen LogP contribution in [0.25, 0.3) is 0 Å². The maximum atomic E-state index is 13.3. The number of likely N-dealkylation sites (tertiary alicyclic amines) is 1. The molecule has 154 valence electrons. The summed E-state index contributed by atoms with van der Waals surface area (Å²) in [5.74, 6) is 0.0369. The molecule has 8 heteroatoms. The number of hydrogen-bond donors (Lipinski definition) is 3. The van der Waals surface area contributed by atoms with Crippen molar-refractivity contribution in [1.29, 1.82) is 0 Å². The second-order valence-corrected chi connectivity index (χ2v) is 7.76. The second kappa shape index (κ2) is 8.65.